The summed E-state index contributed by atoms with van der Waals surface area (Å²) in [6.07, 6.45) is 5.41. The highest BCUT2D eigenvalue weighted by atomic mass is 16.5. The van der Waals surface area contributed by atoms with E-state index < -0.39 is 0 Å². The van der Waals surface area contributed by atoms with Crippen molar-refractivity contribution in [2.45, 2.75) is 64.2 Å². The minimum atomic E-state index is -0.157. The van der Waals surface area contributed by atoms with E-state index in [-0.39, 0.29) is 35.3 Å². The van der Waals surface area contributed by atoms with Crippen LogP contribution in [0.1, 0.15) is 64.2 Å². The molecule has 2 aliphatic heterocycles. The Kier molecular flexibility index (Phi) is 7.40. The van der Waals surface area contributed by atoms with Crippen LogP contribution in [0.4, 0.5) is 0 Å². The fourth-order valence-electron chi connectivity index (χ4n) is 3.09. The zero-order valence-corrected chi connectivity index (χ0v) is 14.1. The maximum Gasteiger partial charge on any atom is 0.305 e. The molecule has 0 amide bonds. The lowest BCUT2D eigenvalue weighted by Gasteiger charge is -2.21. The van der Waals surface area contributed by atoms with Crippen molar-refractivity contribution in [3.05, 3.63) is 0 Å². The molecule has 6 heteroatoms. The Morgan fingerprint density at radius 2 is 1.17 bits per heavy atom. The molecule has 2 heterocycles. The third kappa shape index (κ3) is 6.81. The summed E-state index contributed by atoms with van der Waals surface area (Å²) in [6, 6.07) is 0. The van der Waals surface area contributed by atoms with E-state index in [1.807, 2.05) is 0 Å². The summed E-state index contributed by atoms with van der Waals surface area (Å²) >= 11 is 0. The topological polar surface area (TPSA) is 86.7 Å². The van der Waals surface area contributed by atoms with Gasteiger partial charge in [0.1, 0.15) is 11.6 Å². The van der Waals surface area contributed by atoms with Gasteiger partial charge in [0.25, 0.3) is 0 Å². The van der Waals surface area contributed by atoms with E-state index in [2.05, 4.69) is 0 Å². The van der Waals surface area contributed by atoms with Gasteiger partial charge in [-0.05, 0) is 37.5 Å². The maximum atomic E-state index is 11.9. The lowest BCUT2D eigenvalue weighted by Crippen LogP contribution is -2.22. The average molecular weight is 338 g/mol. The van der Waals surface area contributed by atoms with Crippen LogP contribution in [-0.2, 0) is 28.7 Å². The second-order valence-electron chi connectivity index (χ2n) is 6.83. The minimum Gasteiger partial charge on any atom is -0.465 e. The third-order valence-electron chi connectivity index (χ3n) is 4.82. The molecule has 0 saturated carbocycles. The van der Waals surface area contributed by atoms with Crippen LogP contribution in [0.3, 0.4) is 0 Å². The Morgan fingerprint density at radius 3 is 1.50 bits per heavy atom. The summed E-state index contributed by atoms with van der Waals surface area (Å²) in [7, 11) is 0. The zero-order valence-electron chi connectivity index (χ0n) is 14.1. The van der Waals surface area contributed by atoms with Gasteiger partial charge >= 0.3 is 11.9 Å². The highest BCUT2D eigenvalue weighted by molar-refractivity contribution is 5.86. The lowest BCUT2D eigenvalue weighted by molar-refractivity contribution is -0.150. The Hall–Kier alpha value is -1.72. The van der Waals surface area contributed by atoms with Gasteiger partial charge in [0, 0.05) is 38.5 Å². The molecule has 24 heavy (non-hydrogen) atoms. The highest BCUT2D eigenvalue weighted by Gasteiger charge is 2.22. The number of rotatable bonds is 9. The number of ether oxygens (including phenoxy) is 2. The second kappa shape index (κ2) is 9.55. The lowest BCUT2D eigenvalue weighted by atomic mass is 9.93. The van der Waals surface area contributed by atoms with Gasteiger partial charge in [-0.15, -0.1) is 0 Å². The summed E-state index contributed by atoms with van der Waals surface area (Å²) in [5.74, 6) is 0.443. The first-order valence-electron chi connectivity index (χ1n) is 8.87. The van der Waals surface area contributed by atoms with Crippen molar-refractivity contribution < 1.29 is 28.7 Å². The molecule has 0 aliphatic carbocycles. The molecule has 2 rings (SSSR count). The van der Waals surface area contributed by atoms with Crippen molar-refractivity contribution >= 4 is 23.5 Å². The van der Waals surface area contributed by atoms with Crippen LogP contribution < -0.4 is 0 Å². The molecule has 0 radical (unpaired) electrons. The number of hydrogen-bond donors (Lipinski definition) is 0. The fraction of sp³-hybridized carbons (Fsp3) is 0.778. The molecule has 0 bridgehead atoms. The highest BCUT2D eigenvalue weighted by Crippen LogP contribution is 2.21. The van der Waals surface area contributed by atoms with Gasteiger partial charge in [0.2, 0.25) is 0 Å². The number of Topliss-reactive ketones (excluding diaryl/α,β-unsaturated/α-hetero) is 2. The maximum absolute atomic E-state index is 11.9. The smallest absolute Gasteiger partial charge is 0.305 e. The summed E-state index contributed by atoms with van der Waals surface area (Å²) in [5, 5.41) is 0. The quantitative estimate of drug-likeness (QED) is 0.600. The number of esters is 2. The first-order chi connectivity index (χ1) is 11.5. The first-order valence-corrected chi connectivity index (χ1v) is 8.87. The molecule has 2 fully saturated rings. The van der Waals surface area contributed by atoms with Crippen molar-refractivity contribution in [3.63, 3.8) is 0 Å². The Labute approximate surface area is 142 Å². The number of hydrogen-bond acceptors (Lipinski definition) is 6. The van der Waals surface area contributed by atoms with Gasteiger partial charge in [-0.2, -0.15) is 0 Å². The molecule has 2 saturated heterocycles. The predicted octanol–water partition coefficient (Wildman–Crippen LogP) is 2.37. The van der Waals surface area contributed by atoms with Gasteiger partial charge in [0.15, 0.2) is 0 Å². The van der Waals surface area contributed by atoms with E-state index >= 15 is 0 Å². The molecule has 2 aliphatic rings. The van der Waals surface area contributed by atoms with Crippen LogP contribution in [0.2, 0.25) is 0 Å². The van der Waals surface area contributed by atoms with Crippen molar-refractivity contribution in [2.24, 2.45) is 11.8 Å². The monoisotopic (exact) mass is 338 g/mol. The number of carbonyl (C=O) groups excluding carboxylic acids is 4. The van der Waals surface area contributed by atoms with E-state index in [9.17, 15) is 19.2 Å². The summed E-state index contributed by atoms with van der Waals surface area (Å²) in [6.45, 7) is 0.827. The summed E-state index contributed by atoms with van der Waals surface area (Å²) in [5.41, 5.74) is 0. The van der Waals surface area contributed by atoms with Crippen molar-refractivity contribution in [1.82, 2.24) is 0 Å². The molecular formula is C18H26O6. The zero-order chi connectivity index (χ0) is 17.4. The van der Waals surface area contributed by atoms with Crippen LogP contribution in [0.15, 0.2) is 0 Å². The SMILES string of the molecule is O=C(CCC(=O)CCC1CCC(=O)OC1)CCC1CCC(=O)OC1. The molecule has 6 nitrogen and oxygen atoms in total. The molecule has 134 valence electrons. The molecule has 0 aromatic carbocycles. The largest absolute Gasteiger partial charge is 0.465 e. The van der Waals surface area contributed by atoms with Gasteiger partial charge < -0.3 is 9.47 Å². The predicted molar refractivity (Wildman–Crippen MR) is 85.1 cm³/mol. The van der Waals surface area contributed by atoms with Crippen molar-refractivity contribution in [1.29, 1.82) is 0 Å². The van der Waals surface area contributed by atoms with E-state index in [1.54, 1.807) is 0 Å². The van der Waals surface area contributed by atoms with Gasteiger partial charge in [-0.25, -0.2) is 0 Å². The van der Waals surface area contributed by atoms with Crippen molar-refractivity contribution in [3.8, 4) is 0 Å². The van der Waals surface area contributed by atoms with Crippen LogP contribution in [0.25, 0.3) is 0 Å². The van der Waals surface area contributed by atoms with Gasteiger partial charge in [-0.1, -0.05) is 0 Å². The van der Waals surface area contributed by atoms with Crippen LogP contribution in [0, 0.1) is 11.8 Å². The molecule has 0 N–H and O–H groups in total. The Balaban J connectivity index is 1.52. The van der Waals surface area contributed by atoms with E-state index in [1.165, 1.54) is 0 Å². The normalized spacial score (nSPS) is 24.2. The number of carbonyl (C=O) groups is 4. The van der Waals surface area contributed by atoms with Crippen LogP contribution >= 0.6 is 0 Å². The molecule has 2 unspecified atom stereocenters. The van der Waals surface area contributed by atoms with Crippen molar-refractivity contribution in [2.75, 3.05) is 13.2 Å². The number of ketones is 2. The standard InChI is InChI=1S/C18H26O6/c19-15(5-1-13-3-9-17(21)23-11-13)7-8-16(20)6-2-14-4-10-18(22)24-12-14/h13-14H,1-12H2. The molecule has 2 atom stereocenters. The fourth-order valence-corrected chi connectivity index (χ4v) is 3.09. The average Bonchev–Trinajstić information content (AvgIpc) is 2.59. The summed E-state index contributed by atoms with van der Waals surface area (Å²) in [4.78, 5) is 45.7. The second-order valence-corrected chi connectivity index (χ2v) is 6.83. The van der Waals surface area contributed by atoms with E-state index in [0.29, 0.717) is 51.7 Å². The first kappa shape index (κ1) is 18.6. The molecule has 0 aromatic heterocycles. The Bertz CT molecular complexity index is 420. The molecular weight excluding hydrogens is 312 g/mol. The third-order valence-corrected chi connectivity index (χ3v) is 4.82. The molecule has 0 aromatic rings. The van der Waals surface area contributed by atoms with Gasteiger partial charge in [-0.3, -0.25) is 19.2 Å². The summed E-state index contributed by atoms with van der Waals surface area (Å²) < 4.78 is 9.96. The number of cyclic esters (lactones) is 2. The van der Waals surface area contributed by atoms with Crippen LogP contribution in [0.5, 0.6) is 0 Å². The van der Waals surface area contributed by atoms with E-state index in [4.69, 9.17) is 9.47 Å². The molecule has 0 spiro atoms. The minimum absolute atomic E-state index is 0.104. The van der Waals surface area contributed by atoms with Gasteiger partial charge in [0.05, 0.1) is 13.2 Å². The van der Waals surface area contributed by atoms with Crippen LogP contribution in [-0.4, -0.2) is 36.7 Å². The van der Waals surface area contributed by atoms with E-state index in [0.717, 1.165) is 25.7 Å². The Morgan fingerprint density at radius 1 is 0.750 bits per heavy atom.